The van der Waals surface area contributed by atoms with Crippen molar-refractivity contribution < 1.29 is 9.59 Å². The molecule has 1 fully saturated rings. The normalized spacial score (nSPS) is 15.2. The van der Waals surface area contributed by atoms with E-state index in [9.17, 15) is 9.59 Å². The van der Waals surface area contributed by atoms with Crippen LogP contribution >= 0.6 is 0 Å². The lowest BCUT2D eigenvalue weighted by Crippen LogP contribution is -2.50. The van der Waals surface area contributed by atoms with Crippen LogP contribution in [0.3, 0.4) is 0 Å². The summed E-state index contributed by atoms with van der Waals surface area (Å²) < 4.78 is 0. The number of amides is 3. The second kappa shape index (κ2) is 5.79. The van der Waals surface area contributed by atoms with E-state index in [1.165, 1.54) is 0 Å². The molecule has 0 saturated carbocycles. The van der Waals surface area contributed by atoms with Gasteiger partial charge in [0.1, 0.15) is 0 Å². The van der Waals surface area contributed by atoms with E-state index >= 15 is 0 Å². The highest BCUT2D eigenvalue weighted by atomic mass is 16.2. The summed E-state index contributed by atoms with van der Waals surface area (Å²) in [5, 5.41) is 2.40. The van der Waals surface area contributed by atoms with E-state index in [2.05, 4.69) is 5.32 Å². The maximum atomic E-state index is 12.2. The zero-order chi connectivity index (χ0) is 14.7. The van der Waals surface area contributed by atoms with Crippen LogP contribution in [0.4, 0.5) is 4.79 Å². The molecule has 1 N–H and O–H groups in total. The Hall–Kier alpha value is -2.62. The monoisotopic (exact) mass is 280 g/mol. The van der Waals surface area contributed by atoms with E-state index in [1.54, 1.807) is 4.90 Å². The molecule has 21 heavy (non-hydrogen) atoms. The lowest BCUT2D eigenvalue weighted by atomic mass is 9.96. The van der Waals surface area contributed by atoms with E-state index in [4.69, 9.17) is 0 Å². The van der Waals surface area contributed by atoms with Crippen molar-refractivity contribution in [1.29, 1.82) is 0 Å². The van der Waals surface area contributed by atoms with Crippen molar-refractivity contribution in [3.63, 3.8) is 0 Å². The van der Waals surface area contributed by atoms with Crippen LogP contribution in [-0.2, 0) is 4.79 Å². The average Bonchev–Trinajstić information content (AvgIpc) is 2.52. The summed E-state index contributed by atoms with van der Waals surface area (Å²) in [6.07, 6.45) is 0.335. The number of urea groups is 1. The van der Waals surface area contributed by atoms with Crippen LogP contribution in [-0.4, -0.2) is 23.4 Å². The lowest BCUT2D eigenvalue weighted by Gasteiger charge is -2.34. The molecule has 4 heteroatoms. The molecule has 1 heterocycles. The van der Waals surface area contributed by atoms with E-state index in [0.717, 1.165) is 11.1 Å². The Kier molecular flexibility index (Phi) is 3.69. The predicted octanol–water partition coefficient (Wildman–Crippen LogP) is 2.72. The Labute approximate surface area is 123 Å². The van der Waals surface area contributed by atoms with Crippen molar-refractivity contribution in [2.24, 2.45) is 0 Å². The van der Waals surface area contributed by atoms with Crippen molar-refractivity contribution in [1.82, 2.24) is 10.2 Å². The number of hydrogen-bond donors (Lipinski definition) is 1. The Morgan fingerprint density at radius 3 is 1.86 bits per heavy atom. The van der Waals surface area contributed by atoms with Gasteiger partial charge in [-0.1, -0.05) is 60.7 Å². The molecule has 0 bridgehead atoms. The third-order valence-electron chi connectivity index (χ3n) is 3.63. The zero-order valence-electron chi connectivity index (χ0n) is 11.5. The molecule has 2 aromatic carbocycles. The average molecular weight is 280 g/mol. The van der Waals surface area contributed by atoms with Crippen molar-refractivity contribution in [3.8, 4) is 0 Å². The van der Waals surface area contributed by atoms with Crippen LogP contribution in [0, 0.1) is 0 Å². The fourth-order valence-electron chi connectivity index (χ4n) is 2.65. The molecule has 0 aromatic heterocycles. The number of nitrogens with one attached hydrogen (secondary N) is 1. The van der Waals surface area contributed by atoms with Gasteiger partial charge in [0.05, 0.1) is 6.04 Å². The molecule has 3 rings (SSSR count). The first-order valence-electron chi connectivity index (χ1n) is 6.96. The summed E-state index contributed by atoms with van der Waals surface area (Å²) >= 11 is 0. The van der Waals surface area contributed by atoms with Gasteiger partial charge in [-0.25, -0.2) is 4.79 Å². The summed E-state index contributed by atoms with van der Waals surface area (Å²) in [5.74, 6) is -0.212. The predicted molar refractivity (Wildman–Crippen MR) is 79.6 cm³/mol. The SMILES string of the molecule is O=C1CCN(C(c2ccccc2)c2ccccc2)C(=O)N1. The second-order valence-electron chi connectivity index (χ2n) is 5.02. The van der Waals surface area contributed by atoms with Gasteiger partial charge >= 0.3 is 6.03 Å². The Balaban J connectivity index is 2.01. The van der Waals surface area contributed by atoms with Gasteiger partial charge in [-0.2, -0.15) is 0 Å². The Morgan fingerprint density at radius 1 is 0.857 bits per heavy atom. The highest BCUT2D eigenvalue weighted by Gasteiger charge is 2.31. The fourth-order valence-corrected chi connectivity index (χ4v) is 2.65. The maximum absolute atomic E-state index is 12.2. The van der Waals surface area contributed by atoms with Crippen molar-refractivity contribution in [2.75, 3.05) is 6.54 Å². The van der Waals surface area contributed by atoms with Gasteiger partial charge in [0.15, 0.2) is 0 Å². The standard InChI is InChI=1S/C17H16N2O2/c20-15-11-12-19(17(21)18-15)16(13-7-3-1-4-8-13)14-9-5-2-6-10-14/h1-10,16H,11-12H2,(H,18,20,21). The first kappa shape index (κ1) is 13.4. The summed E-state index contributed by atoms with van der Waals surface area (Å²) in [7, 11) is 0. The molecule has 3 amide bonds. The number of imide groups is 1. The molecule has 1 saturated heterocycles. The van der Waals surface area contributed by atoms with Gasteiger partial charge in [0.2, 0.25) is 5.91 Å². The quantitative estimate of drug-likeness (QED) is 0.939. The number of carbonyl (C=O) groups is 2. The molecule has 0 unspecified atom stereocenters. The molecule has 0 atom stereocenters. The smallest absolute Gasteiger partial charge is 0.313 e. The van der Waals surface area contributed by atoms with Gasteiger partial charge in [0.25, 0.3) is 0 Å². The van der Waals surface area contributed by atoms with Gasteiger partial charge in [-0.3, -0.25) is 10.1 Å². The number of benzene rings is 2. The molecule has 4 nitrogen and oxygen atoms in total. The van der Waals surface area contributed by atoms with Crippen molar-refractivity contribution in [3.05, 3.63) is 71.8 Å². The second-order valence-corrected chi connectivity index (χ2v) is 5.02. The number of carbonyl (C=O) groups excluding carboxylic acids is 2. The third kappa shape index (κ3) is 2.79. The molecule has 0 spiro atoms. The molecule has 1 aliphatic rings. The Morgan fingerprint density at radius 2 is 1.38 bits per heavy atom. The lowest BCUT2D eigenvalue weighted by molar-refractivity contribution is -0.121. The summed E-state index contributed by atoms with van der Waals surface area (Å²) in [4.78, 5) is 25.3. The van der Waals surface area contributed by atoms with E-state index in [-0.39, 0.29) is 18.0 Å². The van der Waals surface area contributed by atoms with Crippen LogP contribution < -0.4 is 5.32 Å². The summed E-state index contributed by atoms with van der Waals surface area (Å²) in [6.45, 7) is 0.430. The minimum atomic E-state index is -0.330. The minimum absolute atomic E-state index is 0.180. The van der Waals surface area contributed by atoms with Gasteiger partial charge in [-0.15, -0.1) is 0 Å². The van der Waals surface area contributed by atoms with Crippen LogP contribution in [0.2, 0.25) is 0 Å². The molecule has 2 aromatic rings. The molecule has 1 aliphatic heterocycles. The van der Waals surface area contributed by atoms with E-state index < -0.39 is 0 Å². The van der Waals surface area contributed by atoms with Crippen LogP contribution in [0.1, 0.15) is 23.6 Å². The number of rotatable bonds is 3. The topological polar surface area (TPSA) is 49.4 Å². The highest BCUT2D eigenvalue weighted by molar-refractivity contribution is 5.97. The summed E-state index contributed by atoms with van der Waals surface area (Å²) in [5.41, 5.74) is 2.07. The zero-order valence-corrected chi connectivity index (χ0v) is 11.5. The molecule has 0 aliphatic carbocycles. The molecular formula is C17H16N2O2. The first-order chi connectivity index (χ1) is 10.3. The van der Waals surface area contributed by atoms with Crippen LogP contribution in [0.15, 0.2) is 60.7 Å². The number of hydrogen-bond acceptors (Lipinski definition) is 2. The van der Waals surface area contributed by atoms with Crippen LogP contribution in [0.25, 0.3) is 0 Å². The summed E-state index contributed by atoms with van der Waals surface area (Å²) in [6, 6.07) is 19.2. The van der Waals surface area contributed by atoms with Gasteiger partial charge < -0.3 is 4.90 Å². The van der Waals surface area contributed by atoms with Gasteiger partial charge in [-0.05, 0) is 11.1 Å². The molecule has 106 valence electrons. The number of nitrogens with zero attached hydrogens (tertiary/aromatic N) is 1. The fraction of sp³-hybridized carbons (Fsp3) is 0.176. The maximum Gasteiger partial charge on any atom is 0.324 e. The van der Waals surface area contributed by atoms with E-state index in [1.807, 2.05) is 60.7 Å². The minimum Gasteiger partial charge on any atom is -0.313 e. The highest BCUT2D eigenvalue weighted by Crippen LogP contribution is 2.29. The van der Waals surface area contributed by atoms with Crippen LogP contribution in [0.5, 0.6) is 0 Å². The Bertz CT molecular complexity index is 601. The van der Waals surface area contributed by atoms with Crippen molar-refractivity contribution >= 4 is 11.9 Å². The molecule has 0 radical (unpaired) electrons. The van der Waals surface area contributed by atoms with E-state index in [0.29, 0.717) is 13.0 Å². The van der Waals surface area contributed by atoms with Gasteiger partial charge in [0, 0.05) is 13.0 Å². The largest absolute Gasteiger partial charge is 0.324 e. The first-order valence-corrected chi connectivity index (χ1v) is 6.96. The third-order valence-corrected chi connectivity index (χ3v) is 3.63. The van der Waals surface area contributed by atoms with Crippen molar-refractivity contribution in [2.45, 2.75) is 12.5 Å². The molecular weight excluding hydrogens is 264 g/mol.